The first-order chi connectivity index (χ1) is 24.2. The van der Waals surface area contributed by atoms with Gasteiger partial charge >= 0.3 is 6.18 Å². The van der Waals surface area contributed by atoms with E-state index in [-0.39, 0.29) is 37.6 Å². The first kappa shape index (κ1) is 35.7. The van der Waals surface area contributed by atoms with Crippen molar-refractivity contribution in [2.45, 2.75) is 43.8 Å². The van der Waals surface area contributed by atoms with Crippen molar-refractivity contribution in [1.82, 2.24) is 10.9 Å². The van der Waals surface area contributed by atoms with Gasteiger partial charge in [-0.2, -0.15) is 13.2 Å². The number of amides is 1. The van der Waals surface area contributed by atoms with Crippen molar-refractivity contribution in [3.63, 3.8) is 0 Å². The average Bonchev–Trinajstić information content (AvgIpc) is 3.52. The third-order valence-corrected chi connectivity index (χ3v) is 8.11. The molecule has 11 nitrogen and oxygen atoms in total. The number of carbonyl (C=O) groups is 1. The SMILES string of the molecule is COc1cccc([C@@H]2OC(c3ccc(OCCCO)cc3)=N[C@]2(Cc2ccccc2CN=[N+]=[N-])C(=O)NNCc2ccccc2C(F)(F)F)c1. The lowest BCUT2D eigenvalue weighted by molar-refractivity contribution is -0.138. The summed E-state index contributed by atoms with van der Waals surface area (Å²) in [6.45, 7) is -0.00175. The molecule has 0 fully saturated rings. The van der Waals surface area contributed by atoms with Gasteiger partial charge in [0.15, 0.2) is 11.6 Å². The van der Waals surface area contributed by atoms with Crippen LogP contribution in [0.2, 0.25) is 0 Å². The summed E-state index contributed by atoms with van der Waals surface area (Å²) in [4.78, 5) is 22.4. The largest absolute Gasteiger partial charge is 0.497 e. The molecule has 1 aliphatic heterocycles. The number of ether oxygens (including phenoxy) is 3. The molecule has 0 aliphatic carbocycles. The maximum Gasteiger partial charge on any atom is 0.416 e. The highest BCUT2D eigenvalue weighted by Gasteiger charge is 2.53. The van der Waals surface area contributed by atoms with Crippen molar-refractivity contribution in [2.24, 2.45) is 10.1 Å². The second kappa shape index (κ2) is 16.2. The molecule has 5 rings (SSSR count). The Morgan fingerprint density at radius 1 is 1.00 bits per heavy atom. The van der Waals surface area contributed by atoms with Gasteiger partial charge < -0.3 is 19.3 Å². The van der Waals surface area contributed by atoms with Crippen LogP contribution in [-0.2, 0) is 35.2 Å². The Morgan fingerprint density at radius 3 is 2.42 bits per heavy atom. The Labute approximate surface area is 286 Å². The van der Waals surface area contributed by atoms with Gasteiger partial charge in [-0.1, -0.05) is 59.7 Å². The van der Waals surface area contributed by atoms with E-state index in [2.05, 4.69) is 20.9 Å². The number of rotatable bonds is 15. The van der Waals surface area contributed by atoms with Crippen LogP contribution in [-0.4, -0.2) is 42.8 Å². The highest BCUT2D eigenvalue weighted by Crippen LogP contribution is 2.43. The molecule has 0 saturated carbocycles. The zero-order valence-corrected chi connectivity index (χ0v) is 27.1. The summed E-state index contributed by atoms with van der Waals surface area (Å²) >= 11 is 0. The fraction of sp³-hybridized carbons (Fsp3) is 0.278. The molecule has 3 N–H and O–H groups in total. The van der Waals surface area contributed by atoms with Gasteiger partial charge in [0, 0.05) is 36.5 Å². The molecule has 0 radical (unpaired) electrons. The van der Waals surface area contributed by atoms with Crippen LogP contribution in [0.1, 0.15) is 45.9 Å². The van der Waals surface area contributed by atoms with E-state index in [1.54, 1.807) is 72.8 Å². The molecule has 0 bridgehead atoms. The van der Waals surface area contributed by atoms with Gasteiger partial charge in [-0.15, -0.1) is 0 Å². The number of azide groups is 1. The van der Waals surface area contributed by atoms with Crippen LogP contribution >= 0.6 is 0 Å². The zero-order chi connectivity index (χ0) is 35.6. The second-order valence-corrected chi connectivity index (χ2v) is 11.4. The fourth-order valence-electron chi connectivity index (χ4n) is 5.65. The number of nitrogens with one attached hydrogen (secondary N) is 2. The first-order valence-corrected chi connectivity index (χ1v) is 15.7. The number of aliphatic hydroxyl groups excluding tert-OH is 1. The fourth-order valence-corrected chi connectivity index (χ4v) is 5.65. The predicted molar refractivity (Wildman–Crippen MR) is 179 cm³/mol. The number of hydrogen-bond donors (Lipinski definition) is 3. The Kier molecular flexibility index (Phi) is 11.6. The molecule has 0 unspecified atom stereocenters. The number of aliphatic hydroxyl groups is 1. The quantitative estimate of drug-likeness (QED) is 0.0421. The maximum absolute atomic E-state index is 14.5. The van der Waals surface area contributed by atoms with Crippen molar-refractivity contribution in [3.8, 4) is 11.5 Å². The molecule has 260 valence electrons. The van der Waals surface area contributed by atoms with Crippen molar-refractivity contribution >= 4 is 11.8 Å². The molecular formula is C36H35F3N6O5. The molecular weight excluding hydrogens is 653 g/mol. The van der Waals surface area contributed by atoms with E-state index in [9.17, 15) is 18.0 Å². The number of nitrogens with zero attached hydrogens (tertiary/aromatic N) is 4. The van der Waals surface area contributed by atoms with Crippen LogP contribution < -0.4 is 20.3 Å². The molecule has 1 heterocycles. The Bertz CT molecular complexity index is 1860. The van der Waals surface area contributed by atoms with Crippen molar-refractivity contribution in [1.29, 1.82) is 0 Å². The lowest BCUT2D eigenvalue weighted by Gasteiger charge is -2.31. The topological polar surface area (TPSA) is 150 Å². The average molecular weight is 689 g/mol. The number of halogens is 3. The monoisotopic (exact) mass is 688 g/mol. The highest BCUT2D eigenvalue weighted by atomic mass is 19.4. The van der Waals surface area contributed by atoms with Crippen molar-refractivity contribution in [2.75, 3.05) is 20.3 Å². The van der Waals surface area contributed by atoms with Crippen LogP contribution in [0.4, 0.5) is 13.2 Å². The first-order valence-electron chi connectivity index (χ1n) is 15.7. The van der Waals surface area contributed by atoms with E-state index in [0.717, 1.165) is 6.07 Å². The lowest BCUT2D eigenvalue weighted by atomic mass is 9.81. The number of alkyl halides is 3. The predicted octanol–water partition coefficient (Wildman–Crippen LogP) is 6.61. The Morgan fingerprint density at radius 2 is 1.72 bits per heavy atom. The van der Waals surface area contributed by atoms with E-state index in [1.807, 2.05) is 0 Å². The van der Waals surface area contributed by atoms with Gasteiger partial charge in [-0.05, 0) is 70.2 Å². The Hall–Kier alpha value is -5.56. The van der Waals surface area contributed by atoms with Crippen molar-refractivity contribution < 1.29 is 37.3 Å². The number of benzene rings is 4. The van der Waals surface area contributed by atoms with Gasteiger partial charge in [0.05, 0.1) is 25.8 Å². The summed E-state index contributed by atoms with van der Waals surface area (Å²) in [6, 6.07) is 26.1. The molecule has 1 amide bonds. The van der Waals surface area contributed by atoms with Crippen LogP contribution in [0.15, 0.2) is 107 Å². The molecule has 4 aromatic carbocycles. The number of carbonyl (C=O) groups excluding carboxylic acids is 1. The smallest absolute Gasteiger partial charge is 0.416 e. The molecule has 0 aromatic heterocycles. The zero-order valence-electron chi connectivity index (χ0n) is 27.1. The van der Waals surface area contributed by atoms with Gasteiger partial charge in [0.2, 0.25) is 5.90 Å². The summed E-state index contributed by atoms with van der Waals surface area (Å²) in [5.41, 5.74) is 14.1. The minimum Gasteiger partial charge on any atom is -0.497 e. The minimum atomic E-state index is -4.59. The van der Waals surface area contributed by atoms with Crippen LogP contribution in [0.5, 0.6) is 11.5 Å². The maximum atomic E-state index is 14.5. The molecule has 2 atom stereocenters. The third kappa shape index (κ3) is 8.35. The van der Waals surface area contributed by atoms with E-state index in [4.69, 9.17) is 29.8 Å². The summed E-state index contributed by atoms with van der Waals surface area (Å²) in [5.74, 6) is 0.533. The molecule has 4 aromatic rings. The second-order valence-electron chi connectivity index (χ2n) is 11.4. The van der Waals surface area contributed by atoms with Crippen LogP contribution in [0, 0.1) is 0 Å². The summed E-state index contributed by atoms with van der Waals surface area (Å²) in [7, 11) is 1.51. The van der Waals surface area contributed by atoms with Gasteiger partial charge in [-0.25, -0.2) is 10.4 Å². The molecule has 0 spiro atoms. The van der Waals surface area contributed by atoms with Gasteiger partial charge in [-0.3, -0.25) is 10.2 Å². The standard InChI is InChI=1S/C36H35F3N6O5/c1-48-30-12-6-11-25(20-30)32-35(21-26-8-2-3-9-27(26)22-42-45-40,34(47)44-41-23-28-10-4-5-13-31(28)36(37,38)39)43-33(50-32)24-14-16-29(17-15-24)49-19-7-18-46/h2-6,8-17,20,32,41,46H,7,18-19,21-23H2,1H3,(H,44,47)/t32-,35-/m0/s1. The molecule has 14 heteroatoms. The van der Waals surface area contributed by atoms with E-state index < -0.39 is 29.3 Å². The van der Waals surface area contributed by atoms with Crippen LogP contribution in [0.25, 0.3) is 10.4 Å². The van der Waals surface area contributed by atoms with Gasteiger partial charge in [0.1, 0.15) is 11.5 Å². The summed E-state index contributed by atoms with van der Waals surface area (Å²) in [6.07, 6.45) is -5.20. The number of hydrogen-bond acceptors (Lipinski definition) is 8. The van der Waals surface area contributed by atoms with Gasteiger partial charge in [0.25, 0.3) is 5.91 Å². The highest BCUT2D eigenvalue weighted by molar-refractivity contribution is 6.01. The molecule has 1 aliphatic rings. The summed E-state index contributed by atoms with van der Waals surface area (Å²) in [5, 5.41) is 12.8. The van der Waals surface area contributed by atoms with E-state index in [1.165, 1.54) is 25.3 Å². The summed E-state index contributed by atoms with van der Waals surface area (Å²) < 4.78 is 58.8. The molecule has 50 heavy (non-hydrogen) atoms. The normalized spacial score (nSPS) is 16.9. The number of methoxy groups -OCH3 is 1. The third-order valence-electron chi connectivity index (χ3n) is 8.11. The van der Waals surface area contributed by atoms with E-state index in [0.29, 0.717) is 46.8 Å². The molecule has 0 saturated heterocycles. The number of aliphatic imine (C=N–C) groups is 1. The van der Waals surface area contributed by atoms with Crippen LogP contribution in [0.3, 0.4) is 0 Å². The number of hydrazine groups is 1. The van der Waals surface area contributed by atoms with Crippen molar-refractivity contribution in [3.05, 3.63) is 141 Å². The lowest BCUT2D eigenvalue weighted by Crippen LogP contribution is -2.53. The minimum absolute atomic E-state index is 0.00573. The van der Waals surface area contributed by atoms with E-state index >= 15 is 0 Å². The Balaban J connectivity index is 1.58.